The standard InChI is InChI=1S/C24H32N4O9.ClH/c25-7-9-35-11-13-37-15-14-36-12-10-34-8-6-20(30)26-17-3-1-2-16-21(17)24(33)28(23(16)32)18-4-5-19(29)27-22(18)31;/h1-3,18H,4-15,25H2,(H,26,30)(H,27,29,31);1H. The zero-order chi connectivity index (χ0) is 26.6. The Morgan fingerprint density at radius 2 is 1.53 bits per heavy atom. The van der Waals surface area contributed by atoms with E-state index in [1.165, 1.54) is 12.1 Å². The minimum Gasteiger partial charge on any atom is -0.379 e. The quantitative estimate of drug-likeness (QED) is 0.183. The predicted octanol–water partition coefficient (Wildman–Crippen LogP) is -0.137. The average Bonchev–Trinajstić information content (AvgIpc) is 3.12. The largest absolute Gasteiger partial charge is 0.379 e. The monoisotopic (exact) mass is 556 g/mol. The van der Waals surface area contributed by atoms with Gasteiger partial charge >= 0.3 is 0 Å². The number of piperidine rings is 1. The van der Waals surface area contributed by atoms with E-state index in [9.17, 15) is 24.0 Å². The van der Waals surface area contributed by atoms with E-state index in [-0.39, 0.29) is 55.1 Å². The Balaban J connectivity index is 0.00000507. The number of rotatable bonds is 16. The third-order valence-corrected chi connectivity index (χ3v) is 5.59. The fourth-order valence-corrected chi connectivity index (χ4v) is 3.84. The number of benzene rings is 1. The van der Waals surface area contributed by atoms with E-state index in [0.29, 0.717) is 52.8 Å². The lowest BCUT2D eigenvalue weighted by Gasteiger charge is -2.27. The van der Waals surface area contributed by atoms with Crippen LogP contribution in [0.5, 0.6) is 0 Å². The third kappa shape index (κ3) is 8.55. The minimum absolute atomic E-state index is 0. The molecule has 210 valence electrons. The van der Waals surface area contributed by atoms with Crippen LogP contribution in [0.2, 0.25) is 0 Å². The number of carbonyl (C=O) groups is 5. The lowest BCUT2D eigenvalue weighted by Crippen LogP contribution is -2.54. The SMILES string of the molecule is Cl.NCCOCCOCCOCCOCCC(=O)Nc1cccc2c1C(=O)N(C1CCC(=O)NC1=O)C2=O. The summed E-state index contributed by atoms with van der Waals surface area (Å²) in [4.78, 5) is 62.8. The van der Waals surface area contributed by atoms with Gasteiger partial charge < -0.3 is 30.0 Å². The Kier molecular flexibility index (Phi) is 13.3. The molecule has 0 bridgehead atoms. The molecule has 1 saturated heterocycles. The summed E-state index contributed by atoms with van der Waals surface area (Å²) in [6.07, 6.45) is 0.0992. The second-order valence-corrected chi connectivity index (χ2v) is 8.21. The van der Waals surface area contributed by atoms with E-state index in [1.54, 1.807) is 6.07 Å². The number of fused-ring (bicyclic) bond motifs is 1. The fraction of sp³-hybridized carbons (Fsp3) is 0.542. The summed E-state index contributed by atoms with van der Waals surface area (Å²) in [6.45, 7) is 3.53. The van der Waals surface area contributed by atoms with Crippen molar-refractivity contribution >= 4 is 47.6 Å². The molecule has 1 aromatic carbocycles. The average molecular weight is 557 g/mol. The molecule has 2 heterocycles. The molecule has 2 aliphatic rings. The van der Waals surface area contributed by atoms with Crippen LogP contribution in [0.15, 0.2) is 18.2 Å². The van der Waals surface area contributed by atoms with Crippen molar-refractivity contribution in [2.75, 3.05) is 64.7 Å². The van der Waals surface area contributed by atoms with Crippen molar-refractivity contribution in [3.63, 3.8) is 0 Å². The Hall–Kier alpha value is -2.94. The summed E-state index contributed by atoms with van der Waals surface area (Å²) >= 11 is 0. The number of amides is 5. The summed E-state index contributed by atoms with van der Waals surface area (Å²) in [5.41, 5.74) is 5.60. The van der Waals surface area contributed by atoms with Crippen molar-refractivity contribution in [1.82, 2.24) is 10.2 Å². The number of anilines is 1. The highest BCUT2D eigenvalue weighted by atomic mass is 35.5. The van der Waals surface area contributed by atoms with Crippen LogP contribution >= 0.6 is 12.4 Å². The van der Waals surface area contributed by atoms with Crippen LogP contribution in [0.4, 0.5) is 5.69 Å². The molecule has 38 heavy (non-hydrogen) atoms. The Morgan fingerprint density at radius 3 is 2.13 bits per heavy atom. The molecule has 0 aliphatic carbocycles. The van der Waals surface area contributed by atoms with E-state index in [1.807, 2.05) is 0 Å². The summed E-state index contributed by atoms with van der Waals surface area (Å²) in [5.74, 6) is -2.88. The number of halogens is 1. The first-order chi connectivity index (χ1) is 17.9. The smallest absolute Gasteiger partial charge is 0.264 e. The zero-order valence-electron chi connectivity index (χ0n) is 20.9. The van der Waals surface area contributed by atoms with Gasteiger partial charge in [-0.05, 0) is 18.6 Å². The van der Waals surface area contributed by atoms with Crippen LogP contribution in [0, 0.1) is 0 Å². The molecular weight excluding hydrogens is 524 g/mol. The van der Waals surface area contributed by atoms with Gasteiger partial charge in [0.1, 0.15) is 6.04 Å². The minimum atomic E-state index is -1.08. The highest BCUT2D eigenvalue weighted by molar-refractivity contribution is 6.26. The van der Waals surface area contributed by atoms with E-state index in [4.69, 9.17) is 24.7 Å². The summed E-state index contributed by atoms with van der Waals surface area (Å²) in [6, 6.07) is 3.43. The van der Waals surface area contributed by atoms with Gasteiger partial charge in [-0.1, -0.05) is 6.07 Å². The van der Waals surface area contributed by atoms with E-state index in [0.717, 1.165) is 4.90 Å². The molecule has 0 saturated carbocycles. The summed E-state index contributed by atoms with van der Waals surface area (Å²) in [5, 5.41) is 4.79. The molecule has 1 aromatic rings. The van der Waals surface area contributed by atoms with E-state index >= 15 is 0 Å². The van der Waals surface area contributed by atoms with Gasteiger partial charge in [-0.15, -0.1) is 12.4 Å². The van der Waals surface area contributed by atoms with E-state index < -0.39 is 35.6 Å². The van der Waals surface area contributed by atoms with Gasteiger partial charge in [0.25, 0.3) is 11.8 Å². The summed E-state index contributed by atoms with van der Waals surface area (Å²) < 4.78 is 21.3. The first-order valence-electron chi connectivity index (χ1n) is 12.1. The van der Waals surface area contributed by atoms with Crippen LogP contribution in [0.3, 0.4) is 0 Å². The molecule has 0 aromatic heterocycles. The van der Waals surface area contributed by atoms with Crippen molar-refractivity contribution in [3.8, 4) is 0 Å². The van der Waals surface area contributed by atoms with Crippen LogP contribution in [0.1, 0.15) is 40.0 Å². The topological polar surface area (TPSA) is 176 Å². The van der Waals surface area contributed by atoms with Gasteiger partial charge in [0.15, 0.2) is 0 Å². The van der Waals surface area contributed by atoms with E-state index in [2.05, 4.69) is 10.6 Å². The predicted molar refractivity (Wildman–Crippen MR) is 136 cm³/mol. The molecule has 1 atom stereocenters. The first kappa shape index (κ1) is 31.3. The van der Waals surface area contributed by atoms with Crippen LogP contribution in [-0.2, 0) is 33.3 Å². The van der Waals surface area contributed by atoms with Crippen LogP contribution < -0.4 is 16.4 Å². The first-order valence-corrected chi connectivity index (χ1v) is 12.1. The van der Waals surface area contributed by atoms with Gasteiger partial charge in [-0.2, -0.15) is 0 Å². The molecule has 3 rings (SSSR count). The third-order valence-electron chi connectivity index (χ3n) is 5.59. The molecule has 5 amide bonds. The van der Waals surface area contributed by atoms with Crippen molar-refractivity contribution in [2.24, 2.45) is 5.73 Å². The molecule has 1 unspecified atom stereocenters. The van der Waals surface area contributed by atoms with Crippen LogP contribution in [0.25, 0.3) is 0 Å². The van der Waals surface area contributed by atoms with Gasteiger partial charge in [0.2, 0.25) is 17.7 Å². The lowest BCUT2D eigenvalue weighted by atomic mass is 10.0. The van der Waals surface area contributed by atoms with Crippen molar-refractivity contribution in [2.45, 2.75) is 25.3 Å². The van der Waals surface area contributed by atoms with Crippen molar-refractivity contribution in [1.29, 1.82) is 0 Å². The number of hydrogen-bond donors (Lipinski definition) is 3. The number of ether oxygens (including phenoxy) is 4. The second-order valence-electron chi connectivity index (χ2n) is 8.21. The Labute approximate surface area is 226 Å². The molecule has 13 nitrogen and oxygen atoms in total. The van der Waals surface area contributed by atoms with Gasteiger partial charge in [0, 0.05) is 13.0 Å². The highest BCUT2D eigenvalue weighted by Gasteiger charge is 2.45. The number of nitrogens with zero attached hydrogens (tertiary/aromatic N) is 1. The van der Waals surface area contributed by atoms with Crippen molar-refractivity contribution < 1.29 is 42.9 Å². The normalized spacial score (nSPS) is 16.8. The Morgan fingerprint density at radius 1 is 0.921 bits per heavy atom. The molecular formula is C24H33ClN4O9. The maximum Gasteiger partial charge on any atom is 0.264 e. The molecule has 0 spiro atoms. The number of hydrogen-bond acceptors (Lipinski definition) is 10. The van der Waals surface area contributed by atoms with Gasteiger partial charge in [-0.25, -0.2) is 0 Å². The van der Waals surface area contributed by atoms with Gasteiger partial charge in [0.05, 0.1) is 76.1 Å². The molecule has 14 heteroatoms. The summed E-state index contributed by atoms with van der Waals surface area (Å²) in [7, 11) is 0. The number of imide groups is 2. The Bertz CT molecular complexity index is 1010. The van der Waals surface area contributed by atoms with Gasteiger partial charge in [-0.3, -0.25) is 34.2 Å². The maximum absolute atomic E-state index is 13.1. The number of carbonyl (C=O) groups excluding carboxylic acids is 5. The molecule has 1 fully saturated rings. The number of nitrogens with two attached hydrogens (primary N) is 1. The highest BCUT2D eigenvalue weighted by Crippen LogP contribution is 2.32. The molecule has 0 radical (unpaired) electrons. The maximum atomic E-state index is 13.1. The van der Waals surface area contributed by atoms with Crippen molar-refractivity contribution in [3.05, 3.63) is 29.3 Å². The van der Waals surface area contributed by atoms with Crippen LogP contribution in [-0.4, -0.2) is 99.9 Å². The molecule has 2 aliphatic heterocycles. The number of nitrogens with one attached hydrogen (secondary N) is 2. The zero-order valence-corrected chi connectivity index (χ0v) is 21.7. The second kappa shape index (κ2) is 16.1. The molecule has 4 N–H and O–H groups in total. The fourth-order valence-electron chi connectivity index (χ4n) is 3.84. The lowest BCUT2D eigenvalue weighted by molar-refractivity contribution is -0.136.